The maximum Gasteiger partial charge on any atom is 0.231 e. The van der Waals surface area contributed by atoms with E-state index in [1.54, 1.807) is 43.5 Å². The van der Waals surface area contributed by atoms with Crippen LogP contribution in [0, 0.1) is 11.3 Å². The molecule has 1 amide bonds. The molecular weight excluding hydrogens is 396 g/mol. The van der Waals surface area contributed by atoms with Gasteiger partial charge in [0.15, 0.2) is 5.72 Å². The molecule has 1 fully saturated rings. The summed E-state index contributed by atoms with van der Waals surface area (Å²) < 4.78 is 5.25. The summed E-state index contributed by atoms with van der Waals surface area (Å²) in [6.07, 6.45) is 0.0968. The number of rotatable bonds is 3. The van der Waals surface area contributed by atoms with E-state index in [1.807, 2.05) is 12.1 Å². The Morgan fingerprint density at radius 3 is 2.82 bits per heavy atom. The fourth-order valence-corrected chi connectivity index (χ4v) is 5.28. The van der Waals surface area contributed by atoms with Crippen molar-refractivity contribution >= 4 is 29.3 Å². The standard InChI is InChI=1S/C21H17ClN2O3S/c1-27-16-7-3-5-14(9-16)21(26)12-28-20-18(11-23)17(10-19(25)24(20)21)13-4-2-6-15(22)8-13/h2-9,17,26H,10,12H2,1H3/t17-,21-/m1/s1. The summed E-state index contributed by atoms with van der Waals surface area (Å²) in [5.74, 6) is 0.237. The predicted molar refractivity (Wildman–Crippen MR) is 108 cm³/mol. The first kappa shape index (κ1) is 18.9. The Bertz CT molecular complexity index is 1030. The van der Waals surface area contributed by atoms with Crippen LogP contribution in [0.15, 0.2) is 59.1 Å². The zero-order valence-corrected chi connectivity index (χ0v) is 16.6. The minimum Gasteiger partial charge on any atom is -0.497 e. The lowest BCUT2D eigenvalue weighted by atomic mass is 9.85. The van der Waals surface area contributed by atoms with Gasteiger partial charge in [0.25, 0.3) is 0 Å². The van der Waals surface area contributed by atoms with Crippen LogP contribution < -0.4 is 4.74 Å². The summed E-state index contributed by atoms with van der Waals surface area (Å²) >= 11 is 7.42. The molecule has 0 radical (unpaired) electrons. The van der Waals surface area contributed by atoms with Crippen molar-refractivity contribution in [3.63, 3.8) is 0 Å². The third-order valence-electron chi connectivity index (χ3n) is 5.09. The molecule has 4 rings (SSSR count). The highest BCUT2D eigenvalue weighted by Crippen LogP contribution is 2.52. The number of methoxy groups -OCH3 is 1. The quantitative estimate of drug-likeness (QED) is 0.825. The fraction of sp³-hybridized carbons (Fsp3) is 0.238. The minimum atomic E-state index is -1.52. The molecular formula is C21H17ClN2O3S. The number of fused-ring (bicyclic) bond motifs is 1. The highest BCUT2D eigenvalue weighted by atomic mass is 35.5. The van der Waals surface area contributed by atoms with Crippen LogP contribution in [0.2, 0.25) is 5.02 Å². The lowest BCUT2D eigenvalue weighted by Crippen LogP contribution is -2.48. The van der Waals surface area contributed by atoms with E-state index in [-0.39, 0.29) is 24.0 Å². The molecule has 0 saturated carbocycles. The van der Waals surface area contributed by atoms with Crippen LogP contribution in [0.5, 0.6) is 5.75 Å². The first-order chi connectivity index (χ1) is 13.5. The van der Waals surface area contributed by atoms with E-state index in [2.05, 4.69) is 6.07 Å². The number of aliphatic hydroxyl groups is 1. The topological polar surface area (TPSA) is 73.6 Å². The molecule has 0 spiro atoms. The number of nitriles is 1. The molecule has 2 atom stereocenters. The molecule has 1 saturated heterocycles. The van der Waals surface area contributed by atoms with E-state index in [1.165, 1.54) is 16.7 Å². The second kappa shape index (κ2) is 7.17. The summed E-state index contributed by atoms with van der Waals surface area (Å²) in [6.45, 7) is 0. The van der Waals surface area contributed by atoms with Gasteiger partial charge in [0.2, 0.25) is 5.91 Å². The zero-order valence-electron chi connectivity index (χ0n) is 15.1. The van der Waals surface area contributed by atoms with Gasteiger partial charge in [0, 0.05) is 22.9 Å². The van der Waals surface area contributed by atoms with Crippen LogP contribution in [0.4, 0.5) is 0 Å². The number of benzene rings is 2. The van der Waals surface area contributed by atoms with E-state index < -0.39 is 5.72 Å². The van der Waals surface area contributed by atoms with Gasteiger partial charge in [-0.15, -0.1) is 11.8 Å². The van der Waals surface area contributed by atoms with Gasteiger partial charge in [-0.25, -0.2) is 0 Å². The number of carbonyl (C=O) groups is 1. The Hall–Kier alpha value is -2.46. The summed E-state index contributed by atoms with van der Waals surface area (Å²) in [4.78, 5) is 14.5. The van der Waals surface area contributed by atoms with Crippen LogP contribution in [-0.4, -0.2) is 28.8 Å². The Morgan fingerprint density at radius 2 is 2.11 bits per heavy atom. The Labute approximate surface area is 172 Å². The smallest absolute Gasteiger partial charge is 0.231 e. The van der Waals surface area contributed by atoms with Crippen molar-refractivity contribution < 1.29 is 14.6 Å². The molecule has 0 aromatic heterocycles. The van der Waals surface area contributed by atoms with Crippen LogP contribution >= 0.6 is 23.4 Å². The van der Waals surface area contributed by atoms with E-state index in [0.717, 1.165) is 5.56 Å². The lowest BCUT2D eigenvalue weighted by Gasteiger charge is -2.38. The summed E-state index contributed by atoms with van der Waals surface area (Å²) in [7, 11) is 1.55. The number of nitrogens with zero attached hydrogens (tertiary/aromatic N) is 2. The highest BCUT2D eigenvalue weighted by Gasteiger charge is 2.51. The van der Waals surface area contributed by atoms with Gasteiger partial charge in [0.1, 0.15) is 5.75 Å². The van der Waals surface area contributed by atoms with Gasteiger partial charge in [-0.2, -0.15) is 5.26 Å². The first-order valence-electron chi connectivity index (χ1n) is 8.70. The van der Waals surface area contributed by atoms with Crippen molar-refractivity contribution in [3.8, 4) is 11.8 Å². The SMILES string of the molecule is COc1cccc([C@]2(O)CSC3=C(C#N)[C@@H](c4cccc(Cl)c4)CC(=O)N32)c1. The number of hydrogen-bond acceptors (Lipinski definition) is 5. The molecule has 1 N–H and O–H groups in total. The highest BCUT2D eigenvalue weighted by molar-refractivity contribution is 8.03. The van der Waals surface area contributed by atoms with Crippen LogP contribution in [0.25, 0.3) is 0 Å². The monoisotopic (exact) mass is 412 g/mol. The minimum absolute atomic E-state index is 0.0968. The van der Waals surface area contributed by atoms with Gasteiger partial charge in [-0.1, -0.05) is 35.9 Å². The number of carbonyl (C=O) groups excluding carboxylic acids is 1. The normalized spacial score (nSPS) is 24.1. The van der Waals surface area contributed by atoms with Crippen molar-refractivity contribution in [2.75, 3.05) is 12.9 Å². The van der Waals surface area contributed by atoms with Crippen LogP contribution in [0.1, 0.15) is 23.5 Å². The van der Waals surface area contributed by atoms with Gasteiger partial charge >= 0.3 is 0 Å². The zero-order chi connectivity index (χ0) is 19.9. The fourth-order valence-electron chi connectivity index (χ4n) is 3.72. The Kier molecular flexibility index (Phi) is 4.84. The second-order valence-corrected chi connectivity index (χ2v) is 8.11. The number of thioether (sulfide) groups is 1. The molecule has 142 valence electrons. The number of allylic oxidation sites excluding steroid dienone is 1. The average molecular weight is 413 g/mol. The molecule has 0 bridgehead atoms. The van der Waals surface area contributed by atoms with E-state index in [0.29, 0.717) is 26.9 Å². The van der Waals surface area contributed by atoms with E-state index in [9.17, 15) is 15.2 Å². The molecule has 5 nitrogen and oxygen atoms in total. The van der Waals surface area contributed by atoms with Crippen molar-refractivity contribution in [1.82, 2.24) is 4.90 Å². The molecule has 7 heteroatoms. The Balaban J connectivity index is 1.81. The number of amides is 1. The van der Waals surface area contributed by atoms with Crippen molar-refractivity contribution in [1.29, 1.82) is 5.26 Å². The van der Waals surface area contributed by atoms with Gasteiger partial charge in [-0.3, -0.25) is 9.69 Å². The molecule has 0 aliphatic carbocycles. The summed E-state index contributed by atoms with van der Waals surface area (Å²) in [5, 5.41) is 22.3. The van der Waals surface area contributed by atoms with E-state index in [4.69, 9.17) is 16.3 Å². The Morgan fingerprint density at radius 1 is 1.32 bits per heavy atom. The van der Waals surface area contributed by atoms with Gasteiger partial charge < -0.3 is 9.84 Å². The summed E-state index contributed by atoms with van der Waals surface area (Å²) in [5.41, 5.74) is 0.335. The maximum absolute atomic E-state index is 13.1. The number of ether oxygens (including phenoxy) is 1. The van der Waals surface area contributed by atoms with Crippen LogP contribution in [0.3, 0.4) is 0 Å². The third-order valence-corrected chi connectivity index (χ3v) is 6.55. The molecule has 2 aromatic carbocycles. The summed E-state index contributed by atoms with van der Waals surface area (Å²) in [6, 6.07) is 16.5. The molecule has 2 aromatic rings. The molecule has 2 heterocycles. The van der Waals surface area contributed by atoms with Crippen molar-refractivity contribution in [2.24, 2.45) is 0 Å². The van der Waals surface area contributed by atoms with Crippen molar-refractivity contribution in [3.05, 3.63) is 75.3 Å². The number of hydrogen-bond donors (Lipinski definition) is 1. The van der Waals surface area contributed by atoms with Crippen LogP contribution in [-0.2, 0) is 10.5 Å². The molecule has 0 unspecified atom stereocenters. The molecule has 28 heavy (non-hydrogen) atoms. The van der Waals surface area contributed by atoms with Crippen molar-refractivity contribution in [2.45, 2.75) is 18.1 Å². The maximum atomic E-state index is 13.1. The first-order valence-corrected chi connectivity index (χ1v) is 10.1. The number of halogens is 1. The molecule has 2 aliphatic heterocycles. The largest absolute Gasteiger partial charge is 0.497 e. The average Bonchev–Trinajstić information content (AvgIpc) is 3.07. The van der Waals surface area contributed by atoms with E-state index >= 15 is 0 Å². The molecule has 2 aliphatic rings. The second-order valence-electron chi connectivity index (χ2n) is 6.71. The van der Waals surface area contributed by atoms with Gasteiger partial charge in [-0.05, 0) is 29.8 Å². The predicted octanol–water partition coefficient (Wildman–Crippen LogP) is 3.99. The third kappa shape index (κ3) is 2.96. The van der Waals surface area contributed by atoms with Gasteiger partial charge in [0.05, 0.1) is 29.5 Å². The lowest BCUT2D eigenvalue weighted by molar-refractivity contribution is -0.149.